The quantitative estimate of drug-likeness (QED) is 0.253. The van der Waals surface area contributed by atoms with Crippen molar-refractivity contribution in [1.82, 2.24) is 20.6 Å². The lowest BCUT2D eigenvalue weighted by molar-refractivity contribution is -0.149. The van der Waals surface area contributed by atoms with Gasteiger partial charge in [-0.1, -0.05) is 0 Å². The van der Waals surface area contributed by atoms with Crippen LogP contribution in [0.2, 0.25) is 0 Å². The van der Waals surface area contributed by atoms with Gasteiger partial charge < -0.3 is 29.8 Å². The lowest BCUT2D eigenvalue weighted by Crippen LogP contribution is -2.46. The second kappa shape index (κ2) is 11.2. The van der Waals surface area contributed by atoms with Gasteiger partial charge in [0, 0.05) is 31.4 Å². The van der Waals surface area contributed by atoms with Crippen LogP contribution in [-0.2, 0) is 35.0 Å². The van der Waals surface area contributed by atoms with Crippen LogP contribution >= 0.6 is 0 Å². The Balaban J connectivity index is 2.48. The van der Waals surface area contributed by atoms with Crippen LogP contribution in [0.4, 0.5) is 0 Å². The fourth-order valence-corrected chi connectivity index (χ4v) is 2.12. The van der Waals surface area contributed by atoms with Gasteiger partial charge in [0.2, 0.25) is 0 Å². The van der Waals surface area contributed by atoms with Gasteiger partial charge in [0.15, 0.2) is 0 Å². The van der Waals surface area contributed by atoms with Gasteiger partial charge in [-0.3, -0.25) is 14.4 Å². The maximum absolute atomic E-state index is 11.8. The summed E-state index contributed by atoms with van der Waals surface area (Å²) in [6.45, 7) is 0.690. The fourth-order valence-electron chi connectivity index (χ4n) is 2.12. The lowest BCUT2D eigenvalue weighted by Gasteiger charge is -2.18. The van der Waals surface area contributed by atoms with Crippen LogP contribution in [0.3, 0.4) is 0 Å². The number of rotatable bonds is 11. The smallest absolute Gasteiger partial charge is 0.323 e. The third kappa shape index (κ3) is 7.31. The number of nitrogens with one attached hydrogen (secondary N) is 3. The van der Waals surface area contributed by atoms with Crippen molar-refractivity contribution in [3.8, 4) is 0 Å². The molecule has 1 rings (SSSR count). The van der Waals surface area contributed by atoms with Gasteiger partial charge >= 0.3 is 17.9 Å². The Hall–Kier alpha value is -2.46. The molecule has 0 aromatic carbocycles. The summed E-state index contributed by atoms with van der Waals surface area (Å²) in [7, 11) is 3.80. The lowest BCUT2D eigenvalue weighted by atomic mass is 10.1. The van der Waals surface area contributed by atoms with E-state index in [1.807, 2.05) is 0 Å². The van der Waals surface area contributed by atoms with Crippen LogP contribution in [0.25, 0.3) is 0 Å². The standard InChI is InChI=1S/C15H24N4O6/c1-23-13(20)7-12(15(22)25-3)18-5-4-17-11(14(21)24-2)6-10-8-16-9-19-10/h8-9,11-12,17-18H,4-7H2,1-3H3,(H,16,19)/t11-,12-/m0/s1. The normalized spacial score (nSPS) is 12.9. The molecule has 0 amide bonds. The van der Waals surface area contributed by atoms with Crippen LogP contribution < -0.4 is 10.6 Å². The number of hydrogen-bond acceptors (Lipinski definition) is 9. The average Bonchev–Trinajstić information content (AvgIpc) is 3.14. The van der Waals surface area contributed by atoms with E-state index in [2.05, 4.69) is 30.1 Å². The second-order valence-electron chi connectivity index (χ2n) is 5.12. The Morgan fingerprint density at radius 2 is 1.64 bits per heavy atom. The van der Waals surface area contributed by atoms with Crippen LogP contribution in [0.1, 0.15) is 12.1 Å². The molecule has 140 valence electrons. The highest BCUT2D eigenvalue weighted by Crippen LogP contribution is 2.01. The number of carbonyl (C=O) groups is 3. The number of methoxy groups -OCH3 is 3. The molecular formula is C15H24N4O6. The molecule has 1 aromatic rings. The molecule has 25 heavy (non-hydrogen) atoms. The zero-order valence-corrected chi connectivity index (χ0v) is 14.5. The first-order valence-corrected chi connectivity index (χ1v) is 7.68. The zero-order valence-electron chi connectivity index (χ0n) is 14.5. The van der Waals surface area contributed by atoms with E-state index in [1.54, 1.807) is 6.20 Å². The maximum atomic E-state index is 11.8. The van der Waals surface area contributed by atoms with Crippen molar-refractivity contribution < 1.29 is 28.6 Å². The minimum atomic E-state index is -0.816. The summed E-state index contributed by atoms with van der Waals surface area (Å²) in [5.41, 5.74) is 0.786. The van der Waals surface area contributed by atoms with Crippen molar-refractivity contribution in [1.29, 1.82) is 0 Å². The Kier molecular flexibility index (Phi) is 9.19. The summed E-state index contributed by atoms with van der Waals surface area (Å²) in [5, 5.41) is 5.93. The number of carbonyl (C=O) groups excluding carboxylic acids is 3. The monoisotopic (exact) mass is 356 g/mol. The summed E-state index contributed by atoms with van der Waals surface area (Å²) in [6.07, 6.45) is 3.39. The third-order valence-electron chi connectivity index (χ3n) is 3.46. The molecule has 0 aliphatic rings. The first kappa shape index (κ1) is 20.6. The van der Waals surface area contributed by atoms with Crippen LogP contribution in [-0.4, -0.2) is 74.4 Å². The molecule has 0 aliphatic carbocycles. The molecule has 3 N–H and O–H groups in total. The van der Waals surface area contributed by atoms with E-state index in [9.17, 15) is 14.4 Å². The number of nitrogens with zero attached hydrogens (tertiary/aromatic N) is 1. The van der Waals surface area contributed by atoms with Gasteiger partial charge in [-0.2, -0.15) is 0 Å². The molecule has 0 aliphatic heterocycles. The number of esters is 3. The third-order valence-corrected chi connectivity index (χ3v) is 3.46. The fraction of sp³-hybridized carbons (Fsp3) is 0.600. The highest BCUT2D eigenvalue weighted by molar-refractivity contribution is 5.82. The van der Waals surface area contributed by atoms with E-state index >= 15 is 0 Å². The molecule has 0 spiro atoms. The average molecular weight is 356 g/mol. The van der Waals surface area contributed by atoms with Crippen molar-refractivity contribution in [2.75, 3.05) is 34.4 Å². The van der Waals surface area contributed by atoms with E-state index in [1.165, 1.54) is 27.7 Å². The maximum Gasteiger partial charge on any atom is 0.323 e. The first-order chi connectivity index (χ1) is 12.0. The zero-order chi connectivity index (χ0) is 18.7. The van der Waals surface area contributed by atoms with Gasteiger partial charge in [0.25, 0.3) is 0 Å². The Morgan fingerprint density at radius 3 is 2.16 bits per heavy atom. The predicted molar refractivity (Wildman–Crippen MR) is 86.5 cm³/mol. The molecule has 0 bridgehead atoms. The molecule has 0 radical (unpaired) electrons. The number of H-pyrrole nitrogens is 1. The van der Waals surface area contributed by atoms with Gasteiger partial charge in [0.1, 0.15) is 12.1 Å². The molecule has 0 unspecified atom stereocenters. The number of aromatic amines is 1. The highest BCUT2D eigenvalue weighted by Gasteiger charge is 2.23. The largest absolute Gasteiger partial charge is 0.469 e. The minimum absolute atomic E-state index is 0.141. The van der Waals surface area contributed by atoms with E-state index < -0.39 is 30.0 Å². The van der Waals surface area contributed by atoms with Crippen molar-refractivity contribution in [3.63, 3.8) is 0 Å². The van der Waals surface area contributed by atoms with Crippen molar-refractivity contribution in [2.24, 2.45) is 0 Å². The summed E-state index contributed by atoms with van der Waals surface area (Å²) >= 11 is 0. The van der Waals surface area contributed by atoms with E-state index in [4.69, 9.17) is 4.74 Å². The van der Waals surface area contributed by atoms with Crippen LogP contribution in [0.5, 0.6) is 0 Å². The number of ether oxygens (including phenoxy) is 3. The molecule has 0 saturated heterocycles. The number of aromatic nitrogens is 2. The number of hydrogen-bond donors (Lipinski definition) is 3. The van der Waals surface area contributed by atoms with E-state index in [0.717, 1.165) is 5.69 Å². The molecule has 1 heterocycles. The van der Waals surface area contributed by atoms with Gasteiger partial charge in [-0.25, -0.2) is 4.98 Å². The SMILES string of the molecule is COC(=O)C[C@H](NCCN[C@@H](Cc1cnc[nH]1)C(=O)OC)C(=O)OC. The van der Waals surface area contributed by atoms with E-state index in [-0.39, 0.29) is 6.42 Å². The summed E-state index contributed by atoms with van der Waals surface area (Å²) in [4.78, 5) is 41.6. The van der Waals surface area contributed by atoms with E-state index in [0.29, 0.717) is 19.5 Å². The molecule has 0 fully saturated rings. The Bertz CT molecular complexity index is 548. The van der Waals surface area contributed by atoms with Gasteiger partial charge in [-0.15, -0.1) is 0 Å². The second-order valence-corrected chi connectivity index (χ2v) is 5.12. The molecule has 1 aromatic heterocycles. The van der Waals surface area contributed by atoms with Gasteiger partial charge in [0.05, 0.1) is 34.1 Å². The van der Waals surface area contributed by atoms with Crippen LogP contribution in [0.15, 0.2) is 12.5 Å². The summed E-state index contributed by atoms with van der Waals surface area (Å²) in [5.74, 6) is -1.50. The Labute approximate surface area is 145 Å². The minimum Gasteiger partial charge on any atom is -0.469 e. The summed E-state index contributed by atoms with van der Waals surface area (Å²) in [6, 6.07) is -1.38. The molecule has 0 saturated carbocycles. The van der Waals surface area contributed by atoms with Crippen molar-refractivity contribution >= 4 is 17.9 Å². The van der Waals surface area contributed by atoms with Gasteiger partial charge in [-0.05, 0) is 0 Å². The number of imidazole rings is 1. The topological polar surface area (TPSA) is 132 Å². The highest BCUT2D eigenvalue weighted by atomic mass is 16.5. The molecular weight excluding hydrogens is 332 g/mol. The van der Waals surface area contributed by atoms with Crippen molar-refractivity contribution in [3.05, 3.63) is 18.2 Å². The molecule has 10 heteroatoms. The molecule has 10 nitrogen and oxygen atoms in total. The first-order valence-electron chi connectivity index (χ1n) is 7.68. The Morgan fingerprint density at radius 1 is 1.04 bits per heavy atom. The van der Waals surface area contributed by atoms with Crippen LogP contribution in [0, 0.1) is 0 Å². The molecule has 2 atom stereocenters. The summed E-state index contributed by atoms with van der Waals surface area (Å²) < 4.78 is 14.0. The van der Waals surface area contributed by atoms with Crippen molar-refractivity contribution in [2.45, 2.75) is 24.9 Å². The predicted octanol–water partition coefficient (Wildman–Crippen LogP) is -1.22.